The highest BCUT2D eigenvalue weighted by atomic mass is 16.2. The summed E-state index contributed by atoms with van der Waals surface area (Å²) in [5, 5.41) is 9.94. The molecule has 0 fully saturated rings. The molecule has 1 aliphatic rings. The lowest BCUT2D eigenvalue weighted by Crippen LogP contribution is -2.17. The maximum absolute atomic E-state index is 12.5. The van der Waals surface area contributed by atoms with Crippen LogP contribution in [0.3, 0.4) is 0 Å². The van der Waals surface area contributed by atoms with E-state index in [1.807, 2.05) is 32.0 Å². The molecule has 2 N–H and O–H groups in total. The normalized spacial score (nSPS) is 12.6. The molecule has 0 aliphatic carbocycles. The quantitative estimate of drug-likeness (QED) is 0.761. The molecule has 2 amide bonds. The third-order valence-corrected chi connectivity index (χ3v) is 4.30. The standard InChI is InChI=1S/C19H17N5O2/c1-11-8-12(2)24(23-11)16-7-6-14(10-20-16)18(25)22-15-5-3-4-13-9-21-19(26)17(13)15/h3-8,10H,9H2,1-2H3,(H,21,26)(H,22,25). The van der Waals surface area contributed by atoms with Crippen molar-refractivity contribution >= 4 is 17.5 Å². The number of hydrogen-bond acceptors (Lipinski definition) is 4. The second-order valence-electron chi connectivity index (χ2n) is 6.22. The van der Waals surface area contributed by atoms with Crippen molar-refractivity contribution in [3.63, 3.8) is 0 Å². The van der Waals surface area contributed by atoms with E-state index in [9.17, 15) is 9.59 Å². The van der Waals surface area contributed by atoms with Gasteiger partial charge >= 0.3 is 0 Å². The van der Waals surface area contributed by atoms with Gasteiger partial charge in [-0.1, -0.05) is 12.1 Å². The number of nitrogens with zero attached hydrogens (tertiary/aromatic N) is 3. The van der Waals surface area contributed by atoms with Gasteiger partial charge in [0.2, 0.25) is 0 Å². The maximum atomic E-state index is 12.5. The molecule has 7 nitrogen and oxygen atoms in total. The summed E-state index contributed by atoms with van der Waals surface area (Å²) < 4.78 is 1.73. The van der Waals surface area contributed by atoms with Crippen molar-refractivity contribution in [2.24, 2.45) is 0 Å². The van der Waals surface area contributed by atoms with Crippen LogP contribution in [0, 0.1) is 13.8 Å². The minimum absolute atomic E-state index is 0.172. The number of fused-ring (bicyclic) bond motifs is 1. The molecule has 1 aromatic carbocycles. The molecule has 0 radical (unpaired) electrons. The third kappa shape index (κ3) is 2.73. The molecule has 2 aromatic heterocycles. The molecule has 1 aliphatic heterocycles. The molecular weight excluding hydrogens is 330 g/mol. The fourth-order valence-electron chi connectivity index (χ4n) is 3.08. The number of rotatable bonds is 3. The highest BCUT2D eigenvalue weighted by molar-refractivity contribution is 6.10. The third-order valence-electron chi connectivity index (χ3n) is 4.30. The van der Waals surface area contributed by atoms with Crippen molar-refractivity contribution in [2.75, 3.05) is 5.32 Å². The average Bonchev–Trinajstić information content (AvgIpc) is 3.18. The zero-order valence-corrected chi connectivity index (χ0v) is 14.4. The Morgan fingerprint density at radius 3 is 2.77 bits per heavy atom. The van der Waals surface area contributed by atoms with Crippen LogP contribution in [0.1, 0.15) is 37.7 Å². The molecule has 130 valence electrons. The summed E-state index contributed by atoms with van der Waals surface area (Å²) >= 11 is 0. The summed E-state index contributed by atoms with van der Waals surface area (Å²) in [5.74, 6) is 0.159. The smallest absolute Gasteiger partial charge is 0.257 e. The van der Waals surface area contributed by atoms with E-state index in [2.05, 4.69) is 20.7 Å². The van der Waals surface area contributed by atoms with Crippen molar-refractivity contribution in [2.45, 2.75) is 20.4 Å². The summed E-state index contributed by atoms with van der Waals surface area (Å²) in [4.78, 5) is 28.8. The second-order valence-corrected chi connectivity index (χ2v) is 6.22. The molecule has 0 spiro atoms. The molecule has 0 saturated heterocycles. The van der Waals surface area contributed by atoms with Crippen molar-refractivity contribution in [1.29, 1.82) is 0 Å². The molecule has 0 unspecified atom stereocenters. The lowest BCUT2D eigenvalue weighted by Gasteiger charge is -2.09. The molecule has 26 heavy (non-hydrogen) atoms. The zero-order chi connectivity index (χ0) is 18.3. The van der Waals surface area contributed by atoms with Crippen molar-refractivity contribution < 1.29 is 9.59 Å². The average molecular weight is 347 g/mol. The van der Waals surface area contributed by atoms with Crippen LogP contribution in [0.25, 0.3) is 5.82 Å². The fraction of sp³-hybridized carbons (Fsp3) is 0.158. The summed E-state index contributed by atoms with van der Waals surface area (Å²) in [6.07, 6.45) is 1.50. The zero-order valence-electron chi connectivity index (χ0n) is 14.4. The Kier molecular flexibility index (Phi) is 3.76. The van der Waals surface area contributed by atoms with Crippen LogP contribution in [-0.4, -0.2) is 26.6 Å². The van der Waals surface area contributed by atoms with Gasteiger partial charge in [-0.05, 0) is 43.7 Å². The fourth-order valence-corrected chi connectivity index (χ4v) is 3.08. The number of carbonyl (C=O) groups is 2. The number of pyridine rings is 1. The van der Waals surface area contributed by atoms with E-state index >= 15 is 0 Å². The summed E-state index contributed by atoms with van der Waals surface area (Å²) in [6.45, 7) is 4.35. The van der Waals surface area contributed by atoms with Crippen LogP contribution < -0.4 is 10.6 Å². The van der Waals surface area contributed by atoms with E-state index in [4.69, 9.17) is 0 Å². The van der Waals surface area contributed by atoms with Crippen molar-refractivity contribution in [3.8, 4) is 5.82 Å². The molecule has 7 heteroatoms. The number of aromatic nitrogens is 3. The number of amides is 2. The van der Waals surface area contributed by atoms with Crippen LogP contribution in [0.4, 0.5) is 5.69 Å². The molecule has 4 rings (SSSR count). The number of nitrogens with one attached hydrogen (secondary N) is 2. The number of hydrogen-bond donors (Lipinski definition) is 2. The second kappa shape index (κ2) is 6.11. The Bertz CT molecular complexity index is 1020. The predicted molar refractivity (Wildman–Crippen MR) is 96.4 cm³/mol. The first-order valence-corrected chi connectivity index (χ1v) is 8.24. The minimum atomic E-state index is -0.314. The van der Waals surface area contributed by atoms with E-state index in [0.717, 1.165) is 17.0 Å². The van der Waals surface area contributed by atoms with E-state index in [-0.39, 0.29) is 11.8 Å². The molecule has 0 saturated carbocycles. The monoisotopic (exact) mass is 347 g/mol. The van der Waals surface area contributed by atoms with Gasteiger partial charge in [0.05, 0.1) is 22.5 Å². The lowest BCUT2D eigenvalue weighted by atomic mass is 10.1. The topological polar surface area (TPSA) is 88.9 Å². The number of carbonyl (C=O) groups excluding carboxylic acids is 2. The molecule has 0 bridgehead atoms. The van der Waals surface area contributed by atoms with Gasteiger partial charge in [0.1, 0.15) is 0 Å². The number of benzene rings is 1. The van der Waals surface area contributed by atoms with Gasteiger partial charge in [-0.15, -0.1) is 0 Å². The number of aryl methyl sites for hydroxylation is 2. The summed E-state index contributed by atoms with van der Waals surface area (Å²) in [6, 6.07) is 10.8. The SMILES string of the molecule is Cc1cc(C)n(-c2ccc(C(=O)Nc3cccc4c3C(=O)NC4)cn2)n1. The van der Waals surface area contributed by atoms with E-state index in [0.29, 0.717) is 29.2 Å². The lowest BCUT2D eigenvalue weighted by molar-refractivity contribution is 0.0966. The minimum Gasteiger partial charge on any atom is -0.348 e. The van der Waals surface area contributed by atoms with Crippen LogP contribution >= 0.6 is 0 Å². The first-order valence-electron chi connectivity index (χ1n) is 8.24. The Morgan fingerprint density at radius 1 is 1.23 bits per heavy atom. The van der Waals surface area contributed by atoms with Gasteiger partial charge in [-0.25, -0.2) is 9.67 Å². The highest BCUT2D eigenvalue weighted by Crippen LogP contribution is 2.24. The van der Waals surface area contributed by atoms with Crippen LogP contribution in [-0.2, 0) is 6.54 Å². The van der Waals surface area contributed by atoms with Gasteiger partial charge < -0.3 is 10.6 Å². The molecule has 3 aromatic rings. The Morgan fingerprint density at radius 2 is 2.08 bits per heavy atom. The molecular formula is C19H17N5O2. The molecule has 0 atom stereocenters. The van der Waals surface area contributed by atoms with Crippen molar-refractivity contribution in [1.82, 2.24) is 20.1 Å². The van der Waals surface area contributed by atoms with Crippen molar-refractivity contribution in [3.05, 3.63) is 70.7 Å². The largest absolute Gasteiger partial charge is 0.348 e. The Labute approximate surface area is 150 Å². The maximum Gasteiger partial charge on any atom is 0.257 e. The summed E-state index contributed by atoms with van der Waals surface area (Å²) in [5.41, 5.74) is 4.19. The van der Waals surface area contributed by atoms with Gasteiger partial charge in [0.15, 0.2) is 5.82 Å². The van der Waals surface area contributed by atoms with Gasteiger partial charge in [0.25, 0.3) is 11.8 Å². The van der Waals surface area contributed by atoms with E-state index in [1.165, 1.54) is 6.20 Å². The van der Waals surface area contributed by atoms with Crippen LogP contribution in [0.5, 0.6) is 0 Å². The van der Waals surface area contributed by atoms with Gasteiger partial charge in [0, 0.05) is 18.4 Å². The first kappa shape index (κ1) is 16.0. The molecule has 3 heterocycles. The number of anilines is 1. The van der Waals surface area contributed by atoms with Gasteiger partial charge in [-0.2, -0.15) is 5.10 Å². The van der Waals surface area contributed by atoms with Crippen LogP contribution in [0.2, 0.25) is 0 Å². The van der Waals surface area contributed by atoms with Gasteiger partial charge in [-0.3, -0.25) is 9.59 Å². The Hall–Kier alpha value is -3.48. The predicted octanol–water partition coefficient (Wildman–Crippen LogP) is 2.38. The Balaban J connectivity index is 1.57. The highest BCUT2D eigenvalue weighted by Gasteiger charge is 2.23. The van der Waals surface area contributed by atoms with E-state index in [1.54, 1.807) is 22.9 Å². The summed E-state index contributed by atoms with van der Waals surface area (Å²) in [7, 11) is 0. The van der Waals surface area contributed by atoms with E-state index < -0.39 is 0 Å². The van der Waals surface area contributed by atoms with Crippen LogP contribution in [0.15, 0.2) is 42.6 Å². The first-order chi connectivity index (χ1) is 12.5.